The molecule has 0 bridgehead atoms. The van der Waals surface area contributed by atoms with Gasteiger partial charge in [-0.3, -0.25) is 4.79 Å². The number of ether oxygens (including phenoxy) is 1. The van der Waals surface area contributed by atoms with Crippen molar-refractivity contribution in [3.63, 3.8) is 0 Å². The lowest BCUT2D eigenvalue weighted by atomic mass is 10.2. The van der Waals surface area contributed by atoms with E-state index < -0.39 is 12.1 Å². The maximum absolute atomic E-state index is 11.1. The number of hydrogen-bond acceptors (Lipinski definition) is 4. The van der Waals surface area contributed by atoms with Gasteiger partial charge in [-0.1, -0.05) is 0 Å². The minimum atomic E-state index is -0.609. The topological polar surface area (TPSA) is 84.6 Å². The van der Waals surface area contributed by atoms with Crippen molar-refractivity contribution in [2.75, 3.05) is 19.8 Å². The first kappa shape index (κ1) is 13.4. The summed E-state index contributed by atoms with van der Waals surface area (Å²) in [6.07, 6.45) is -0.275. The molecular weight excluding hydrogens is 184 g/mol. The maximum atomic E-state index is 11.1. The van der Waals surface area contributed by atoms with E-state index in [1.807, 2.05) is 6.92 Å². The van der Waals surface area contributed by atoms with Crippen molar-refractivity contribution >= 4 is 5.91 Å². The summed E-state index contributed by atoms with van der Waals surface area (Å²) in [6.45, 7) is 4.80. The van der Waals surface area contributed by atoms with Gasteiger partial charge in [-0.25, -0.2) is 0 Å². The van der Waals surface area contributed by atoms with Crippen LogP contribution in [-0.2, 0) is 9.53 Å². The molecule has 0 aliphatic rings. The first-order valence-corrected chi connectivity index (χ1v) is 4.86. The first-order chi connectivity index (χ1) is 6.57. The Morgan fingerprint density at radius 3 is 2.79 bits per heavy atom. The fourth-order valence-corrected chi connectivity index (χ4v) is 0.800. The lowest BCUT2D eigenvalue weighted by Crippen LogP contribution is -2.43. The van der Waals surface area contributed by atoms with Crippen LogP contribution in [-0.4, -0.2) is 42.9 Å². The zero-order valence-corrected chi connectivity index (χ0v) is 8.82. The molecule has 0 saturated heterocycles. The van der Waals surface area contributed by atoms with Crippen molar-refractivity contribution in [3.05, 3.63) is 0 Å². The maximum Gasteiger partial charge on any atom is 0.222 e. The molecule has 5 nitrogen and oxygen atoms in total. The van der Waals surface area contributed by atoms with Crippen LogP contribution in [0.5, 0.6) is 0 Å². The SMILES string of the molecule is CCOCCC(=O)NCC(N)C(C)O. The highest BCUT2D eigenvalue weighted by atomic mass is 16.5. The molecule has 5 heteroatoms. The lowest BCUT2D eigenvalue weighted by Gasteiger charge is -2.15. The van der Waals surface area contributed by atoms with Crippen LogP contribution in [0.1, 0.15) is 20.3 Å². The molecule has 84 valence electrons. The predicted molar refractivity (Wildman–Crippen MR) is 53.8 cm³/mol. The van der Waals surface area contributed by atoms with Crippen molar-refractivity contribution in [3.8, 4) is 0 Å². The van der Waals surface area contributed by atoms with E-state index in [2.05, 4.69) is 5.32 Å². The second kappa shape index (κ2) is 7.73. The van der Waals surface area contributed by atoms with Crippen LogP contribution in [0, 0.1) is 0 Å². The normalized spacial score (nSPS) is 14.9. The largest absolute Gasteiger partial charge is 0.392 e. The smallest absolute Gasteiger partial charge is 0.222 e. The van der Waals surface area contributed by atoms with Crippen LogP contribution in [0.3, 0.4) is 0 Å². The Labute approximate surface area is 84.6 Å². The fourth-order valence-electron chi connectivity index (χ4n) is 0.800. The molecule has 14 heavy (non-hydrogen) atoms. The third-order valence-electron chi connectivity index (χ3n) is 1.83. The van der Waals surface area contributed by atoms with Crippen molar-refractivity contribution in [1.29, 1.82) is 0 Å². The zero-order chi connectivity index (χ0) is 11.0. The number of rotatable bonds is 7. The van der Waals surface area contributed by atoms with Crippen LogP contribution in [0.15, 0.2) is 0 Å². The Bertz CT molecular complexity index is 162. The molecule has 0 spiro atoms. The van der Waals surface area contributed by atoms with Gasteiger partial charge in [0.2, 0.25) is 5.91 Å². The number of nitrogens with one attached hydrogen (secondary N) is 1. The second-order valence-corrected chi connectivity index (χ2v) is 3.16. The van der Waals surface area contributed by atoms with Crippen LogP contribution in [0.2, 0.25) is 0 Å². The van der Waals surface area contributed by atoms with Crippen molar-refractivity contribution < 1.29 is 14.6 Å². The summed E-state index contributed by atoms with van der Waals surface area (Å²) >= 11 is 0. The average molecular weight is 204 g/mol. The molecule has 0 aliphatic carbocycles. The summed E-state index contributed by atoms with van der Waals surface area (Å²) in [5.74, 6) is -0.102. The number of nitrogens with two attached hydrogens (primary N) is 1. The molecule has 0 aromatic heterocycles. The molecule has 2 unspecified atom stereocenters. The van der Waals surface area contributed by atoms with E-state index in [0.717, 1.165) is 0 Å². The molecule has 0 rings (SSSR count). The van der Waals surface area contributed by atoms with E-state index in [0.29, 0.717) is 26.2 Å². The Balaban J connectivity index is 3.44. The molecule has 2 atom stereocenters. The van der Waals surface area contributed by atoms with Crippen LogP contribution >= 0.6 is 0 Å². The van der Waals surface area contributed by atoms with Gasteiger partial charge in [0.1, 0.15) is 0 Å². The number of aliphatic hydroxyl groups excluding tert-OH is 1. The molecule has 0 aromatic rings. The summed E-state index contributed by atoms with van der Waals surface area (Å²) in [5.41, 5.74) is 5.52. The molecule has 0 saturated carbocycles. The third-order valence-corrected chi connectivity index (χ3v) is 1.83. The number of hydrogen-bond donors (Lipinski definition) is 3. The number of carbonyl (C=O) groups is 1. The van der Waals surface area contributed by atoms with Crippen molar-refractivity contribution in [2.24, 2.45) is 5.73 Å². The van der Waals surface area contributed by atoms with Gasteiger partial charge >= 0.3 is 0 Å². The number of carbonyl (C=O) groups excluding carboxylic acids is 1. The van der Waals surface area contributed by atoms with E-state index in [-0.39, 0.29) is 5.91 Å². The van der Waals surface area contributed by atoms with Gasteiger partial charge in [0.05, 0.1) is 12.7 Å². The van der Waals surface area contributed by atoms with E-state index in [1.165, 1.54) is 0 Å². The van der Waals surface area contributed by atoms with Crippen molar-refractivity contribution in [2.45, 2.75) is 32.4 Å². The first-order valence-electron chi connectivity index (χ1n) is 4.86. The molecule has 0 aromatic carbocycles. The van der Waals surface area contributed by atoms with Gasteiger partial charge in [0.15, 0.2) is 0 Å². The van der Waals surface area contributed by atoms with Crippen molar-refractivity contribution in [1.82, 2.24) is 5.32 Å². The van der Waals surface area contributed by atoms with Gasteiger partial charge in [-0.15, -0.1) is 0 Å². The molecular formula is C9H20N2O3. The fraction of sp³-hybridized carbons (Fsp3) is 0.889. The number of amides is 1. The Hall–Kier alpha value is -0.650. The highest BCUT2D eigenvalue weighted by molar-refractivity contribution is 5.75. The number of aliphatic hydroxyl groups is 1. The Kier molecular flexibility index (Phi) is 7.37. The van der Waals surface area contributed by atoms with Gasteiger partial charge in [0.25, 0.3) is 0 Å². The standard InChI is InChI=1S/C9H20N2O3/c1-3-14-5-4-9(13)11-6-8(10)7(2)12/h7-8,12H,3-6,10H2,1-2H3,(H,11,13). The van der Waals surface area contributed by atoms with Gasteiger partial charge < -0.3 is 20.9 Å². The summed E-state index contributed by atoms with van der Waals surface area (Å²) in [5, 5.41) is 11.7. The quantitative estimate of drug-likeness (QED) is 0.476. The summed E-state index contributed by atoms with van der Waals surface area (Å²) < 4.78 is 5.02. The second-order valence-electron chi connectivity index (χ2n) is 3.16. The molecule has 0 fully saturated rings. The predicted octanol–water partition coefficient (Wildman–Crippen LogP) is -0.763. The zero-order valence-electron chi connectivity index (χ0n) is 8.82. The monoisotopic (exact) mass is 204 g/mol. The van der Waals surface area contributed by atoms with Crippen LogP contribution in [0.4, 0.5) is 0 Å². The minimum absolute atomic E-state index is 0.102. The van der Waals surface area contributed by atoms with E-state index in [1.54, 1.807) is 6.92 Å². The summed E-state index contributed by atoms with van der Waals surface area (Å²) in [7, 11) is 0. The molecule has 4 N–H and O–H groups in total. The van der Waals surface area contributed by atoms with Gasteiger partial charge in [0, 0.05) is 25.6 Å². The van der Waals surface area contributed by atoms with E-state index in [9.17, 15) is 4.79 Å². The average Bonchev–Trinajstić information content (AvgIpc) is 2.14. The van der Waals surface area contributed by atoms with Crippen LogP contribution < -0.4 is 11.1 Å². The van der Waals surface area contributed by atoms with Gasteiger partial charge in [-0.05, 0) is 13.8 Å². The lowest BCUT2D eigenvalue weighted by molar-refractivity contribution is -0.122. The van der Waals surface area contributed by atoms with Crippen LogP contribution in [0.25, 0.3) is 0 Å². The molecule has 0 aliphatic heterocycles. The molecule has 0 radical (unpaired) electrons. The van der Waals surface area contributed by atoms with Gasteiger partial charge in [-0.2, -0.15) is 0 Å². The highest BCUT2D eigenvalue weighted by Crippen LogP contribution is 1.87. The third kappa shape index (κ3) is 6.82. The highest BCUT2D eigenvalue weighted by Gasteiger charge is 2.10. The Morgan fingerprint density at radius 1 is 1.64 bits per heavy atom. The summed E-state index contributed by atoms with van der Waals surface area (Å²) in [4.78, 5) is 11.1. The minimum Gasteiger partial charge on any atom is -0.392 e. The van der Waals surface area contributed by atoms with E-state index >= 15 is 0 Å². The summed E-state index contributed by atoms with van der Waals surface area (Å²) in [6, 6.07) is -0.411. The molecule has 1 amide bonds. The Morgan fingerprint density at radius 2 is 2.29 bits per heavy atom. The van der Waals surface area contributed by atoms with E-state index in [4.69, 9.17) is 15.6 Å². The molecule has 0 heterocycles.